The van der Waals surface area contributed by atoms with Gasteiger partial charge in [-0.25, -0.2) is 0 Å². The maximum absolute atomic E-state index is 12.7. The van der Waals surface area contributed by atoms with Crippen molar-refractivity contribution in [2.24, 2.45) is 0 Å². The van der Waals surface area contributed by atoms with Gasteiger partial charge in [-0.05, 0) is 27.7 Å². The minimum Gasteiger partial charge on any atom is -0.334 e. The number of rotatable bonds is 4. The zero-order valence-electron chi connectivity index (χ0n) is 12.8. The highest BCUT2D eigenvalue weighted by atomic mass is 28.3. The van der Waals surface area contributed by atoms with Crippen LogP contribution in [0.25, 0.3) is 0 Å². The number of carbonyl (C=O) groups excluding carboxylic acids is 1. The normalized spacial score (nSPS) is 19.6. The van der Waals surface area contributed by atoms with E-state index in [9.17, 15) is 4.79 Å². The Balaban J connectivity index is 2.98. The molecule has 1 aliphatic carbocycles. The van der Waals surface area contributed by atoms with Crippen molar-refractivity contribution in [2.75, 3.05) is 0 Å². The molecule has 0 aliphatic heterocycles. The van der Waals surface area contributed by atoms with E-state index in [2.05, 4.69) is 59.5 Å². The van der Waals surface area contributed by atoms with Crippen LogP contribution in [0, 0.1) is 0 Å². The first-order valence-corrected chi connectivity index (χ1v) is 10.4. The molecule has 0 radical (unpaired) electrons. The number of nitrogens with zero attached hydrogens (tertiary/aromatic N) is 1. The van der Waals surface area contributed by atoms with Gasteiger partial charge in [-0.2, -0.15) is 0 Å². The topological polar surface area (TPSA) is 20.3 Å². The van der Waals surface area contributed by atoms with Crippen molar-refractivity contribution in [2.45, 2.75) is 65.0 Å². The molecular weight excluding hydrogens is 238 g/mol. The van der Waals surface area contributed by atoms with Gasteiger partial charge in [0.15, 0.2) is 0 Å². The highest BCUT2D eigenvalue weighted by Crippen LogP contribution is 2.36. The monoisotopic (exact) mass is 265 g/mol. The van der Waals surface area contributed by atoms with Crippen LogP contribution in [0.3, 0.4) is 0 Å². The molecule has 0 saturated heterocycles. The minimum absolute atomic E-state index is 0.220. The molecule has 1 rings (SSSR count). The van der Waals surface area contributed by atoms with Crippen LogP contribution < -0.4 is 0 Å². The van der Waals surface area contributed by atoms with Crippen molar-refractivity contribution in [1.82, 2.24) is 4.90 Å². The lowest BCUT2D eigenvalue weighted by molar-refractivity contribution is -0.130. The molecule has 0 N–H and O–H groups in total. The molecule has 18 heavy (non-hydrogen) atoms. The van der Waals surface area contributed by atoms with Crippen molar-refractivity contribution in [3.63, 3.8) is 0 Å². The summed E-state index contributed by atoms with van der Waals surface area (Å²) in [4.78, 5) is 14.7. The van der Waals surface area contributed by atoms with Gasteiger partial charge in [-0.1, -0.05) is 37.9 Å². The van der Waals surface area contributed by atoms with Gasteiger partial charge in [0, 0.05) is 23.2 Å². The summed E-state index contributed by atoms with van der Waals surface area (Å²) in [5.41, 5.74) is 1.36. The molecule has 0 spiro atoms. The van der Waals surface area contributed by atoms with E-state index in [1.54, 1.807) is 0 Å². The number of hydrogen-bond donors (Lipinski definition) is 0. The Kier molecular flexibility index (Phi) is 4.59. The molecule has 0 fully saturated rings. The smallest absolute Gasteiger partial charge is 0.250 e. The molecule has 1 atom stereocenters. The van der Waals surface area contributed by atoms with Crippen LogP contribution in [0.4, 0.5) is 0 Å². The second-order valence-electron chi connectivity index (χ2n) is 6.75. The zero-order chi connectivity index (χ0) is 14.1. The number of hydrogen-bond acceptors (Lipinski definition) is 1. The van der Waals surface area contributed by atoms with Gasteiger partial charge in [-0.3, -0.25) is 4.79 Å². The van der Waals surface area contributed by atoms with Crippen molar-refractivity contribution in [3.8, 4) is 0 Å². The van der Waals surface area contributed by atoms with Gasteiger partial charge in [0.1, 0.15) is 0 Å². The second-order valence-corrected chi connectivity index (χ2v) is 12.1. The number of amides is 1. The summed E-state index contributed by atoms with van der Waals surface area (Å²) < 4.78 is 0. The van der Waals surface area contributed by atoms with Gasteiger partial charge < -0.3 is 4.90 Å². The Bertz CT molecular complexity index is 366. The Morgan fingerprint density at radius 2 is 1.67 bits per heavy atom. The van der Waals surface area contributed by atoms with Crippen LogP contribution in [0.1, 0.15) is 27.7 Å². The molecule has 0 saturated carbocycles. The summed E-state index contributed by atoms with van der Waals surface area (Å²) in [6.45, 7) is 15.3. The summed E-state index contributed by atoms with van der Waals surface area (Å²) in [6.07, 6.45) is 6.27. The lowest BCUT2D eigenvalue weighted by atomic mass is 10.1. The average molecular weight is 265 g/mol. The molecule has 1 unspecified atom stereocenters. The maximum Gasteiger partial charge on any atom is 0.250 e. The van der Waals surface area contributed by atoms with E-state index in [4.69, 9.17) is 0 Å². The zero-order valence-corrected chi connectivity index (χ0v) is 13.8. The van der Waals surface area contributed by atoms with E-state index in [1.807, 2.05) is 11.0 Å². The molecule has 0 bridgehead atoms. The van der Waals surface area contributed by atoms with Crippen molar-refractivity contribution in [3.05, 3.63) is 23.8 Å². The number of allylic oxidation sites excluding steroid dienone is 3. The van der Waals surface area contributed by atoms with Crippen LogP contribution >= 0.6 is 0 Å². The molecule has 0 aromatic heterocycles. The van der Waals surface area contributed by atoms with Crippen LogP contribution in [-0.2, 0) is 4.79 Å². The predicted molar refractivity (Wildman–Crippen MR) is 81.4 cm³/mol. The maximum atomic E-state index is 12.7. The first-order chi connectivity index (χ1) is 8.16. The summed E-state index contributed by atoms with van der Waals surface area (Å²) in [5, 5.41) is 0. The third kappa shape index (κ3) is 3.13. The Hall–Kier alpha value is -0.833. The summed E-state index contributed by atoms with van der Waals surface area (Å²) >= 11 is 0. The van der Waals surface area contributed by atoms with Crippen LogP contribution in [-0.4, -0.2) is 31.0 Å². The second kappa shape index (κ2) is 5.43. The molecule has 0 aromatic rings. The minimum atomic E-state index is -1.37. The van der Waals surface area contributed by atoms with Crippen molar-refractivity contribution < 1.29 is 4.79 Å². The van der Waals surface area contributed by atoms with Gasteiger partial charge in [0.25, 0.3) is 5.91 Å². The molecule has 1 aliphatic rings. The van der Waals surface area contributed by atoms with Gasteiger partial charge in [0.05, 0.1) is 8.07 Å². The SMILES string of the molecule is CC(C)N(C(=O)C1=CC=CC1[Si](C)(C)C)C(C)C. The Morgan fingerprint density at radius 3 is 2.06 bits per heavy atom. The lowest BCUT2D eigenvalue weighted by Gasteiger charge is -2.34. The summed E-state index contributed by atoms with van der Waals surface area (Å²) in [6, 6.07) is 0.502. The first-order valence-electron chi connectivity index (χ1n) is 6.87. The van der Waals surface area contributed by atoms with Crippen LogP contribution in [0.15, 0.2) is 23.8 Å². The third-order valence-electron chi connectivity index (χ3n) is 3.44. The largest absolute Gasteiger partial charge is 0.334 e. The summed E-state index contributed by atoms with van der Waals surface area (Å²) in [7, 11) is -1.37. The number of carbonyl (C=O) groups is 1. The molecule has 0 aromatic carbocycles. The Morgan fingerprint density at radius 1 is 1.17 bits per heavy atom. The fourth-order valence-corrected chi connectivity index (χ4v) is 4.49. The van der Waals surface area contributed by atoms with Crippen molar-refractivity contribution >= 4 is 14.0 Å². The van der Waals surface area contributed by atoms with Crippen LogP contribution in [0.2, 0.25) is 25.2 Å². The fraction of sp³-hybridized carbons (Fsp3) is 0.667. The molecule has 3 heteroatoms. The Labute approximate surface area is 113 Å². The third-order valence-corrected chi connectivity index (χ3v) is 5.81. The van der Waals surface area contributed by atoms with Crippen molar-refractivity contribution in [1.29, 1.82) is 0 Å². The first kappa shape index (κ1) is 15.2. The standard InChI is InChI=1S/C15H27NOSi/c1-11(2)16(12(3)4)15(17)13-9-8-10-14(13)18(5,6)7/h8-12,14H,1-7H3. The molecule has 1 amide bonds. The molecule has 102 valence electrons. The molecular formula is C15H27NOSi. The fourth-order valence-electron chi connectivity index (χ4n) is 2.65. The van der Waals surface area contributed by atoms with Crippen LogP contribution in [0.5, 0.6) is 0 Å². The van der Waals surface area contributed by atoms with Gasteiger partial charge in [0.2, 0.25) is 0 Å². The highest BCUT2D eigenvalue weighted by molar-refractivity contribution is 6.79. The van der Waals surface area contributed by atoms with Gasteiger partial charge >= 0.3 is 0 Å². The van der Waals surface area contributed by atoms with E-state index in [0.717, 1.165) is 5.57 Å². The van der Waals surface area contributed by atoms with Gasteiger partial charge in [-0.15, -0.1) is 0 Å². The van der Waals surface area contributed by atoms with E-state index in [0.29, 0.717) is 5.54 Å². The van der Waals surface area contributed by atoms with E-state index < -0.39 is 8.07 Å². The quantitative estimate of drug-likeness (QED) is 0.707. The van der Waals surface area contributed by atoms with E-state index in [1.165, 1.54) is 0 Å². The van der Waals surface area contributed by atoms with E-state index >= 15 is 0 Å². The highest BCUT2D eigenvalue weighted by Gasteiger charge is 2.35. The predicted octanol–water partition coefficient (Wildman–Crippen LogP) is 3.84. The average Bonchev–Trinajstić information content (AvgIpc) is 2.63. The molecule has 2 nitrogen and oxygen atoms in total. The summed E-state index contributed by atoms with van der Waals surface area (Å²) in [5.74, 6) is 0.220. The lowest BCUT2D eigenvalue weighted by Crippen LogP contribution is -2.44. The van der Waals surface area contributed by atoms with E-state index in [-0.39, 0.29) is 18.0 Å². The molecule has 0 heterocycles.